The fourth-order valence-electron chi connectivity index (χ4n) is 2.28. The monoisotopic (exact) mass is 362 g/mol. The highest BCUT2D eigenvalue weighted by Crippen LogP contribution is 2.26. The number of methoxy groups -OCH3 is 1. The highest BCUT2D eigenvalue weighted by atomic mass is 32.2. The van der Waals surface area contributed by atoms with Gasteiger partial charge in [-0.15, -0.1) is 10.2 Å². The van der Waals surface area contributed by atoms with Crippen LogP contribution in [-0.2, 0) is 22.0 Å². The number of ether oxygens (including phenoxy) is 1. The van der Waals surface area contributed by atoms with Crippen LogP contribution in [0.4, 0.5) is 0 Å². The summed E-state index contributed by atoms with van der Waals surface area (Å²) in [5, 5.41) is 12.0. The molecule has 0 radical (unpaired) electrons. The summed E-state index contributed by atoms with van der Waals surface area (Å²) < 4.78 is 6.82. The molecule has 7 heteroatoms. The lowest BCUT2D eigenvalue weighted by molar-refractivity contribution is -0.118. The molecule has 0 saturated carbocycles. The fraction of sp³-hybridized carbons (Fsp3) is 0.500. The molecule has 2 aromatic rings. The smallest absolute Gasteiger partial charge is 0.230 e. The second-order valence-electron chi connectivity index (χ2n) is 6.82. The topological polar surface area (TPSA) is 69.0 Å². The van der Waals surface area contributed by atoms with Crippen molar-refractivity contribution in [3.05, 3.63) is 29.8 Å². The Labute approximate surface area is 153 Å². The number of nitrogens with zero attached hydrogens (tertiary/aromatic N) is 3. The van der Waals surface area contributed by atoms with E-state index in [0.717, 1.165) is 16.5 Å². The zero-order valence-corrected chi connectivity index (χ0v) is 16.3. The third-order valence-electron chi connectivity index (χ3n) is 3.80. The Kier molecular flexibility index (Phi) is 6.61. The van der Waals surface area contributed by atoms with Gasteiger partial charge in [0.05, 0.1) is 12.4 Å². The lowest BCUT2D eigenvalue weighted by atomic mass is 9.87. The van der Waals surface area contributed by atoms with Crippen molar-refractivity contribution in [3.63, 3.8) is 0 Å². The van der Waals surface area contributed by atoms with Crippen LogP contribution in [0.3, 0.4) is 0 Å². The van der Waals surface area contributed by atoms with Crippen LogP contribution in [0.1, 0.15) is 26.3 Å². The highest BCUT2D eigenvalue weighted by molar-refractivity contribution is 7.99. The van der Waals surface area contributed by atoms with Crippen LogP contribution in [0, 0.1) is 0 Å². The van der Waals surface area contributed by atoms with Gasteiger partial charge >= 0.3 is 0 Å². The Morgan fingerprint density at radius 3 is 2.52 bits per heavy atom. The molecule has 1 aromatic carbocycles. The maximum Gasteiger partial charge on any atom is 0.230 e. The molecule has 0 aliphatic carbocycles. The molecule has 25 heavy (non-hydrogen) atoms. The van der Waals surface area contributed by atoms with Gasteiger partial charge in [0.2, 0.25) is 5.91 Å². The number of carbonyl (C=O) groups is 1. The molecule has 0 atom stereocenters. The summed E-state index contributed by atoms with van der Waals surface area (Å²) >= 11 is 1.37. The van der Waals surface area contributed by atoms with Gasteiger partial charge in [0.1, 0.15) is 0 Å². The van der Waals surface area contributed by atoms with Crippen molar-refractivity contribution in [1.29, 1.82) is 0 Å². The van der Waals surface area contributed by atoms with E-state index >= 15 is 0 Å². The third-order valence-corrected chi connectivity index (χ3v) is 4.82. The van der Waals surface area contributed by atoms with Gasteiger partial charge in [0.15, 0.2) is 11.0 Å². The Hall–Kier alpha value is -1.86. The van der Waals surface area contributed by atoms with Crippen molar-refractivity contribution in [3.8, 4) is 11.4 Å². The van der Waals surface area contributed by atoms with Crippen LogP contribution >= 0.6 is 11.8 Å². The molecule has 136 valence electrons. The summed E-state index contributed by atoms with van der Waals surface area (Å²) in [6.07, 6.45) is 0. The maximum absolute atomic E-state index is 11.8. The Morgan fingerprint density at radius 2 is 1.92 bits per heavy atom. The number of nitrogens with one attached hydrogen (secondary N) is 1. The Bertz CT molecular complexity index is 705. The van der Waals surface area contributed by atoms with Crippen LogP contribution < -0.4 is 5.32 Å². The van der Waals surface area contributed by atoms with Crippen molar-refractivity contribution in [1.82, 2.24) is 20.1 Å². The maximum atomic E-state index is 11.8. The highest BCUT2D eigenvalue weighted by Gasteiger charge is 2.16. The van der Waals surface area contributed by atoms with Gasteiger partial charge in [-0.25, -0.2) is 0 Å². The first-order valence-corrected chi connectivity index (χ1v) is 9.20. The minimum absolute atomic E-state index is 0.0406. The van der Waals surface area contributed by atoms with Gasteiger partial charge < -0.3 is 14.6 Å². The summed E-state index contributed by atoms with van der Waals surface area (Å²) in [6.45, 7) is 7.60. The van der Waals surface area contributed by atoms with Gasteiger partial charge in [0, 0.05) is 26.3 Å². The number of hydrogen-bond acceptors (Lipinski definition) is 5. The van der Waals surface area contributed by atoms with Crippen LogP contribution in [0.15, 0.2) is 29.4 Å². The van der Waals surface area contributed by atoms with Gasteiger partial charge in [0.25, 0.3) is 0 Å². The standard InChI is InChI=1S/C18H26N4O2S/c1-18(2,3)14-8-6-13(7-9-14)16-20-21-17(22(16)4)25-12-15(23)19-10-11-24-5/h6-9H,10-12H2,1-5H3,(H,19,23). The molecule has 1 aromatic heterocycles. The predicted molar refractivity (Wildman–Crippen MR) is 101 cm³/mol. The number of thioether (sulfide) groups is 1. The zero-order valence-electron chi connectivity index (χ0n) is 15.5. The van der Waals surface area contributed by atoms with Crippen molar-refractivity contribution >= 4 is 17.7 Å². The van der Waals surface area contributed by atoms with Gasteiger partial charge in [-0.1, -0.05) is 56.8 Å². The largest absolute Gasteiger partial charge is 0.383 e. The predicted octanol–water partition coefficient (Wildman–Crippen LogP) is 2.63. The molecular formula is C18H26N4O2S. The minimum Gasteiger partial charge on any atom is -0.383 e. The van der Waals surface area contributed by atoms with E-state index in [1.165, 1.54) is 17.3 Å². The molecule has 1 amide bonds. The van der Waals surface area contributed by atoms with Crippen LogP contribution in [0.25, 0.3) is 11.4 Å². The molecule has 6 nitrogen and oxygen atoms in total. The van der Waals surface area contributed by atoms with E-state index in [4.69, 9.17) is 4.74 Å². The van der Waals surface area contributed by atoms with Crippen LogP contribution in [0.2, 0.25) is 0 Å². The van der Waals surface area contributed by atoms with Gasteiger partial charge in [-0.3, -0.25) is 4.79 Å². The second-order valence-corrected chi connectivity index (χ2v) is 7.77. The van der Waals surface area contributed by atoms with Crippen LogP contribution in [0.5, 0.6) is 0 Å². The number of amides is 1. The summed E-state index contributed by atoms with van der Waals surface area (Å²) in [6, 6.07) is 8.38. The second kappa shape index (κ2) is 8.49. The van der Waals surface area contributed by atoms with E-state index < -0.39 is 0 Å². The number of hydrogen-bond donors (Lipinski definition) is 1. The SMILES string of the molecule is COCCNC(=O)CSc1nnc(-c2ccc(C(C)(C)C)cc2)n1C. The van der Waals surface area contributed by atoms with E-state index in [0.29, 0.717) is 18.9 Å². The minimum atomic E-state index is -0.0406. The molecule has 2 rings (SSSR count). The summed E-state index contributed by atoms with van der Waals surface area (Å²) in [7, 11) is 3.52. The molecule has 0 aliphatic heterocycles. The fourth-order valence-corrected chi connectivity index (χ4v) is 3.03. The number of rotatable bonds is 7. The number of aromatic nitrogens is 3. The summed E-state index contributed by atoms with van der Waals surface area (Å²) in [5.74, 6) is 1.06. The number of benzene rings is 1. The van der Waals surface area contributed by atoms with Crippen LogP contribution in [-0.4, -0.2) is 46.7 Å². The molecule has 0 bridgehead atoms. The van der Waals surface area contributed by atoms with Gasteiger partial charge in [-0.2, -0.15) is 0 Å². The lowest BCUT2D eigenvalue weighted by Gasteiger charge is -2.19. The molecule has 1 N–H and O–H groups in total. The van der Waals surface area contributed by atoms with Crippen molar-refractivity contribution in [2.75, 3.05) is 26.0 Å². The van der Waals surface area contributed by atoms with E-state index in [9.17, 15) is 4.79 Å². The lowest BCUT2D eigenvalue weighted by Crippen LogP contribution is -2.28. The normalized spacial score (nSPS) is 11.6. The molecular weight excluding hydrogens is 336 g/mol. The molecule has 0 spiro atoms. The summed E-state index contributed by atoms with van der Waals surface area (Å²) in [5.41, 5.74) is 2.41. The Balaban J connectivity index is 2.02. The van der Waals surface area contributed by atoms with Crippen molar-refractivity contribution < 1.29 is 9.53 Å². The van der Waals surface area contributed by atoms with Gasteiger partial charge in [-0.05, 0) is 11.0 Å². The van der Waals surface area contributed by atoms with Crippen molar-refractivity contribution in [2.24, 2.45) is 7.05 Å². The van der Waals surface area contributed by atoms with E-state index in [2.05, 4.69) is 60.6 Å². The number of carbonyl (C=O) groups excluding carboxylic acids is 1. The molecule has 0 unspecified atom stereocenters. The molecule has 0 aliphatic rings. The van der Waals surface area contributed by atoms with E-state index in [-0.39, 0.29) is 11.3 Å². The van der Waals surface area contributed by atoms with Crippen molar-refractivity contribution in [2.45, 2.75) is 31.3 Å². The molecule has 0 fully saturated rings. The average molecular weight is 362 g/mol. The first kappa shape index (κ1) is 19.5. The quantitative estimate of drug-likeness (QED) is 0.606. The first-order chi connectivity index (χ1) is 11.8. The van der Waals surface area contributed by atoms with E-state index in [1.54, 1.807) is 7.11 Å². The average Bonchev–Trinajstić information content (AvgIpc) is 2.93. The summed E-state index contributed by atoms with van der Waals surface area (Å²) in [4.78, 5) is 11.8. The third kappa shape index (κ3) is 5.31. The van der Waals surface area contributed by atoms with E-state index in [1.807, 2.05) is 11.6 Å². The molecule has 0 saturated heterocycles. The zero-order chi connectivity index (χ0) is 18.4. The Morgan fingerprint density at radius 1 is 1.24 bits per heavy atom. The first-order valence-electron chi connectivity index (χ1n) is 8.21. The molecule has 1 heterocycles.